The Bertz CT molecular complexity index is 459. The first-order chi connectivity index (χ1) is 9.11. The van der Waals surface area contributed by atoms with Crippen LogP contribution in [0.25, 0.3) is 0 Å². The average Bonchev–Trinajstić information content (AvgIpc) is 2.92. The van der Waals surface area contributed by atoms with Gasteiger partial charge in [0.2, 0.25) is 0 Å². The van der Waals surface area contributed by atoms with Crippen molar-refractivity contribution in [3.8, 4) is 5.75 Å². The second-order valence-corrected chi connectivity index (χ2v) is 5.27. The lowest BCUT2D eigenvalue weighted by Crippen LogP contribution is -2.31. The van der Waals surface area contributed by atoms with Crippen molar-refractivity contribution < 1.29 is 9.47 Å². The molecule has 4 nitrogen and oxygen atoms in total. The fourth-order valence-corrected chi connectivity index (χ4v) is 2.49. The van der Waals surface area contributed by atoms with Crippen LogP contribution in [0.4, 0.5) is 0 Å². The number of nitrogens with two attached hydrogens (primary N) is 1. The van der Waals surface area contributed by atoms with Gasteiger partial charge in [-0.3, -0.25) is 4.90 Å². The van der Waals surface area contributed by atoms with Crippen molar-refractivity contribution in [1.82, 2.24) is 4.90 Å². The molecule has 0 saturated carbocycles. The third-order valence-corrected chi connectivity index (χ3v) is 3.71. The molecular weight excluding hydrogens is 260 g/mol. The molecule has 1 heterocycles. The van der Waals surface area contributed by atoms with Crippen LogP contribution in [0.1, 0.15) is 17.5 Å². The van der Waals surface area contributed by atoms with Gasteiger partial charge in [-0.15, -0.1) is 0 Å². The Hall–Kier alpha value is -1.17. The number of thiocarbonyl (C=S) groups is 1. The van der Waals surface area contributed by atoms with E-state index in [1.165, 1.54) is 5.56 Å². The summed E-state index contributed by atoms with van der Waals surface area (Å²) in [7, 11) is 3.75. The lowest BCUT2D eigenvalue weighted by Gasteiger charge is -2.23. The lowest BCUT2D eigenvalue weighted by atomic mass is 10.1. The van der Waals surface area contributed by atoms with Crippen molar-refractivity contribution >= 4 is 17.2 Å². The molecular formula is C14H20N2O2S. The molecule has 2 N–H and O–H groups in total. The molecule has 1 unspecified atom stereocenters. The Morgan fingerprint density at radius 3 is 2.95 bits per heavy atom. The lowest BCUT2D eigenvalue weighted by molar-refractivity contribution is 0.156. The van der Waals surface area contributed by atoms with Crippen LogP contribution in [0.3, 0.4) is 0 Å². The second-order valence-electron chi connectivity index (χ2n) is 4.83. The summed E-state index contributed by atoms with van der Waals surface area (Å²) in [6, 6.07) is 6.47. The van der Waals surface area contributed by atoms with Gasteiger partial charge in [-0.2, -0.15) is 0 Å². The third-order valence-electron chi connectivity index (χ3n) is 3.49. The smallest absolute Gasteiger partial charge is 0.129 e. The Kier molecular flexibility index (Phi) is 4.74. The molecule has 19 heavy (non-hydrogen) atoms. The minimum absolute atomic E-state index is 0.362. The molecule has 0 radical (unpaired) electrons. The number of rotatable bonds is 5. The monoisotopic (exact) mass is 280 g/mol. The predicted molar refractivity (Wildman–Crippen MR) is 79.6 cm³/mol. The van der Waals surface area contributed by atoms with Crippen LogP contribution in [0.2, 0.25) is 0 Å². The normalized spacial score (nSPS) is 18.8. The number of methoxy groups -OCH3 is 1. The van der Waals surface area contributed by atoms with E-state index in [0.717, 1.165) is 37.5 Å². The van der Waals surface area contributed by atoms with E-state index in [-0.39, 0.29) is 0 Å². The first-order valence-electron chi connectivity index (χ1n) is 6.36. The average molecular weight is 280 g/mol. The largest absolute Gasteiger partial charge is 0.496 e. The molecule has 0 spiro atoms. The summed E-state index contributed by atoms with van der Waals surface area (Å²) < 4.78 is 10.8. The maximum Gasteiger partial charge on any atom is 0.129 e. The number of ether oxygens (including phenoxy) is 2. The molecule has 1 fully saturated rings. The zero-order valence-corrected chi connectivity index (χ0v) is 12.2. The second kappa shape index (κ2) is 6.32. The summed E-state index contributed by atoms with van der Waals surface area (Å²) in [6.45, 7) is 2.54. The number of hydrogen-bond donors (Lipinski definition) is 1. The molecule has 1 saturated heterocycles. The van der Waals surface area contributed by atoms with Gasteiger partial charge in [0.05, 0.1) is 19.3 Å². The maximum absolute atomic E-state index is 5.67. The summed E-state index contributed by atoms with van der Waals surface area (Å²) in [4.78, 5) is 2.67. The van der Waals surface area contributed by atoms with Crippen LogP contribution in [-0.2, 0) is 11.3 Å². The van der Waals surface area contributed by atoms with Crippen molar-refractivity contribution in [2.45, 2.75) is 19.0 Å². The zero-order valence-electron chi connectivity index (χ0n) is 11.4. The fraction of sp³-hybridized carbons (Fsp3) is 0.500. The van der Waals surface area contributed by atoms with Crippen LogP contribution in [-0.4, -0.2) is 43.3 Å². The van der Waals surface area contributed by atoms with Crippen molar-refractivity contribution in [2.75, 3.05) is 27.4 Å². The first-order valence-corrected chi connectivity index (χ1v) is 6.77. The van der Waals surface area contributed by atoms with Gasteiger partial charge in [0.1, 0.15) is 10.7 Å². The summed E-state index contributed by atoms with van der Waals surface area (Å²) in [6.07, 6.45) is 1.10. The highest BCUT2D eigenvalue weighted by Crippen LogP contribution is 2.22. The molecule has 1 aliphatic heterocycles. The molecule has 1 aromatic carbocycles. The van der Waals surface area contributed by atoms with E-state index in [0.29, 0.717) is 11.0 Å². The van der Waals surface area contributed by atoms with E-state index >= 15 is 0 Å². The highest BCUT2D eigenvalue weighted by Gasteiger charge is 2.20. The molecule has 0 aromatic heterocycles. The summed E-state index contributed by atoms with van der Waals surface area (Å²) >= 11 is 5.01. The maximum atomic E-state index is 5.67. The zero-order chi connectivity index (χ0) is 13.8. The highest BCUT2D eigenvalue weighted by atomic mass is 32.1. The van der Waals surface area contributed by atoms with Crippen LogP contribution < -0.4 is 10.5 Å². The van der Waals surface area contributed by atoms with Crippen LogP contribution in [0, 0.1) is 0 Å². The molecule has 0 bridgehead atoms. The molecule has 0 aliphatic carbocycles. The molecule has 5 heteroatoms. The molecule has 1 atom stereocenters. The molecule has 1 aromatic rings. The van der Waals surface area contributed by atoms with Gasteiger partial charge >= 0.3 is 0 Å². The van der Waals surface area contributed by atoms with E-state index in [1.807, 2.05) is 18.2 Å². The SMILES string of the molecule is COc1cc(CN(C)C2CCOC2)ccc1C(N)=S. The molecule has 1 aliphatic rings. The van der Waals surface area contributed by atoms with Gasteiger partial charge in [-0.1, -0.05) is 18.3 Å². The van der Waals surface area contributed by atoms with Crippen molar-refractivity contribution in [1.29, 1.82) is 0 Å². The predicted octanol–water partition coefficient (Wildman–Crippen LogP) is 1.55. The quantitative estimate of drug-likeness (QED) is 0.829. The standard InChI is InChI=1S/C14H20N2O2S/c1-16(11-5-6-18-9-11)8-10-3-4-12(14(15)19)13(7-10)17-2/h3-4,7,11H,5-6,8-9H2,1-2H3,(H2,15,19). The topological polar surface area (TPSA) is 47.7 Å². The minimum atomic E-state index is 0.362. The van der Waals surface area contributed by atoms with Gasteiger partial charge in [-0.25, -0.2) is 0 Å². The van der Waals surface area contributed by atoms with Crippen LogP contribution in [0.5, 0.6) is 5.75 Å². The Balaban J connectivity index is 2.10. The van der Waals surface area contributed by atoms with Crippen molar-refractivity contribution in [3.63, 3.8) is 0 Å². The van der Waals surface area contributed by atoms with Crippen molar-refractivity contribution in [3.05, 3.63) is 29.3 Å². The minimum Gasteiger partial charge on any atom is -0.496 e. The van der Waals surface area contributed by atoms with E-state index in [2.05, 4.69) is 11.9 Å². The number of benzene rings is 1. The fourth-order valence-electron chi connectivity index (χ4n) is 2.32. The van der Waals surface area contributed by atoms with E-state index in [1.54, 1.807) is 7.11 Å². The van der Waals surface area contributed by atoms with E-state index in [9.17, 15) is 0 Å². The third kappa shape index (κ3) is 3.43. The van der Waals surface area contributed by atoms with E-state index < -0.39 is 0 Å². The Morgan fingerprint density at radius 1 is 1.58 bits per heavy atom. The number of likely N-dealkylation sites (N-methyl/N-ethyl adjacent to an activating group) is 1. The Labute approximate surface area is 119 Å². The first kappa shape index (κ1) is 14.2. The Morgan fingerprint density at radius 2 is 2.37 bits per heavy atom. The number of nitrogens with zero attached hydrogens (tertiary/aromatic N) is 1. The summed E-state index contributed by atoms with van der Waals surface area (Å²) in [5.41, 5.74) is 7.64. The summed E-state index contributed by atoms with van der Waals surface area (Å²) in [5, 5.41) is 0. The number of hydrogen-bond acceptors (Lipinski definition) is 4. The highest BCUT2D eigenvalue weighted by molar-refractivity contribution is 7.80. The van der Waals surface area contributed by atoms with Crippen molar-refractivity contribution in [2.24, 2.45) is 5.73 Å². The van der Waals surface area contributed by atoms with Gasteiger partial charge in [0.25, 0.3) is 0 Å². The van der Waals surface area contributed by atoms with E-state index in [4.69, 9.17) is 27.4 Å². The summed E-state index contributed by atoms with van der Waals surface area (Å²) in [5.74, 6) is 0.737. The van der Waals surface area contributed by atoms with Crippen LogP contribution in [0.15, 0.2) is 18.2 Å². The van der Waals surface area contributed by atoms with Gasteiger partial charge in [0.15, 0.2) is 0 Å². The molecule has 0 amide bonds. The van der Waals surface area contributed by atoms with Gasteiger partial charge in [0, 0.05) is 19.2 Å². The molecule has 104 valence electrons. The molecule has 2 rings (SSSR count). The van der Waals surface area contributed by atoms with Gasteiger partial charge < -0.3 is 15.2 Å². The van der Waals surface area contributed by atoms with Gasteiger partial charge in [-0.05, 0) is 31.2 Å². The van der Waals surface area contributed by atoms with Crippen LogP contribution >= 0.6 is 12.2 Å².